The van der Waals surface area contributed by atoms with Gasteiger partial charge in [0.1, 0.15) is 0 Å². The van der Waals surface area contributed by atoms with Crippen LogP contribution in [-0.4, -0.2) is 18.1 Å². The van der Waals surface area contributed by atoms with E-state index in [0.29, 0.717) is 18.5 Å². The van der Waals surface area contributed by atoms with Gasteiger partial charge in [-0.05, 0) is 31.2 Å². The Labute approximate surface area is 108 Å². The van der Waals surface area contributed by atoms with Crippen LogP contribution in [0.25, 0.3) is 0 Å². The summed E-state index contributed by atoms with van der Waals surface area (Å²) in [6.07, 6.45) is 4.91. The van der Waals surface area contributed by atoms with Crippen molar-refractivity contribution in [3.63, 3.8) is 0 Å². The molecule has 0 aliphatic heterocycles. The summed E-state index contributed by atoms with van der Waals surface area (Å²) in [5, 5.41) is 3.47. The lowest BCUT2D eigenvalue weighted by Crippen LogP contribution is -2.40. The molecule has 2 aliphatic carbocycles. The highest BCUT2D eigenvalue weighted by Crippen LogP contribution is 2.50. The van der Waals surface area contributed by atoms with E-state index in [4.69, 9.17) is 5.73 Å². The van der Waals surface area contributed by atoms with Crippen LogP contribution in [0.15, 0.2) is 30.3 Å². The average Bonchev–Trinajstić information content (AvgIpc) is 3.05. The molecular weight excluding hydrogens is 227 g/mol. The molecule has 3 N–H and O–H groups in total. The molecule has 0 saturated heterocycles. The van der Waals surface area contributed by atoms with E-state index in [0.717, 1.165) is 31.2 Å². The predicted octanol–water partition coefficient (Wildman–Crippen LogP) is 2.48. The summed E-state index contributed by atoms with van der Waals surface area (Å²) in [7, 11) is 0. The molecule has 18 heavy (non-hydrogen) atoms. The van der Waals surface area contributed by atoms with Crippen molar-refractivity contribution in [3.05, 3.63) is 35.9 Å². The van der Waals surface area contributed by atoms with E-state index in [-0.39, 0.29) is 6.04 Å². The molecule has 1 aromatic rings. The van der Waals surface area contributed by atoms with Gasteiger partial charge in [0.05, 0.1) is 0 Å². The minimum atomic E-state index is -1.14. The van der Waals surface area contributed by atoms with Crippen molar-refractivity contribution in [2.24, 2.45) is 5.73 Å². The van der Waals surface area contributed by atoms with Crippen LogP contribution in [0.1, 0.15) is 37.7 Å². The standard InChI is InChI=1S/C15H21FN2/c16-15(11-4-2-1-3-5-11)10-14(15)18-13-8-6-12(17)7-9-13/h1-5,12-14,18H,6-10,17H2/t12?,13?,14-,15-/m1/s1. The Balaban J connectivity index is 1.58. The maximum Gasteiger partial charge on any atom is 0.152 e. The second kappa shape index (κ2) is 4.63. The van der Waals surface area contributed by atoms with Crippen LogP contribution < -0.4 is 11.1 Å². The molecule has 0 bridgehead atoms. The van der Waals surface area contributed by atoms with Crippen LogP contribution in [0.4, 0.5) is 4.39 Å². The molecule has 2 fully saturated rings. The van der Waals surface area contributed by atoms with Crippen molar-refractivity contribution in [1.82, 2.24) is 5.32 Å². The third kappa shape index (κ3) is 2.29. The summed E-state index contributed by atoms with van der Waals surface area (Å²) in [5.41, 5.74) is 5.56. The molecule has 1 aromatic carbocycles. The monoisotopic (exact) mass is 248 g/mol. The van der Waals surface area contributed by atoms with Gasteiger partial charge in [0.25, 0.3) is 0 Å². The van der Waals surface area contributed by atoms with Gasteiger partial charge in [0.15, 0.2) is 5.67 Å². The number of rotatable bonds is 3. The van der Waals surface area contributed by atoms with Crippen molar-refractivity contribution in [1.29, 1.82) is 0 Å². The lowest BCUT2D eigenvalue weighted by Gasteiger charge is -2.27. The topological polar surface area (TPSA) is 38.0 Å². The zero-order chi connectivity index (χ0) is 12.6. The Bertz CT molecular complexity index is 400. The molecule has 3 rings (SSSR count). The van der Waals surface area contributed by atoms with Crippen LogP contribution in [0, 0.1) is 0 Å². The highest BCUT2D eigenvalue weighted by atomic mass is 19.1. The molecule has 3 heteroatoms. The molecular formula is C15H21FN2. The van der Waals surface area contributed by atoms with E-state index in [2.05, 4.69) is 5.32 Å². The van der Waals surface area contributed by atoms with Gasteiger partial charge in [0.2, 0.25) is 0 Å². The highest BCUT2D eigenvalue weighted by Gasteiger charge is 2.57. The van der Waals surface area contributed by atoms with Gasteiger partial charge in [-0.3, -0.25) is 0 Å². The van der Waals surface area contributed by atoms with E-state index in [1.807, 2.05) is 30.3 Å². The fraction of sp³-hybridized carbons (Fsp3) is 0.600. The Morgan fingerprint density at radius 1 is 1.11 bits per heavy atom. The number of hydrogen-bond acceptors (Lipinski definition) is 2. The Kier molecular flexibility index (Phi) is 3.12. The molecule has 0 spiro atoms. The van der Waals surface area contributed by atoms with Gasteiger partial charge < -0.3 is 11.1 Å². The molecule has 0 radical (unpaired) electrons. The normalized spacial score (nSPS) is 39.6. The lowest BCUT2D eigenvalue weighted by atomic mass is 9.91. The van der Waals surface area contributed by atoms with E-state index in [1.165, 1.54) is 0 Å². The van der Waals surface area contributed by atoms with Crippen LogP contribution >= 0.6 is 0 Å². The van der Waals surface area contributed by atoms with Gasteiger partial charge >= 0.3 is 0 Å². The second-order valence-electron chi connectivity index (χ2n) is 5.76. The summed E-state index contributed by atoms with van der Waals surface area (Å²) in [6, 6.07) is 10.3. The van der Waals surface area contributed by atoms with Crippen molar-refractivity contribution < 1.29 is 4.39 Å². The molecule has 2 nitrogen and oxygen atoms in total. The average molecular weight is 248 g/mol. The molecule has 2 atom stereocenters. The third-order valence-electron chi connectivity index (χ3n) is 4.36. The van der Waals surface area contributed by atoms with Crippen molar-refractivity contribution >= 4 is 0 Å². The van der Waals surface area contributed by atoms with Crippen LogP contribution in [0.3, 0.4) is 0 Å². The maximum atomic E-state index is 14.6. The first kappa shape index (κ1) is 12.1. The predicted molar refractivity (Wildman–Crippen MR) is 71.0 cm³/mol. The summed E-state index contributed by atoms with van der Waals surface area (Å²) in [5.74, 6) is 0. The zero-order valence-corrected chi connectivity index (χ0v) is 10.6. The van der Waals surface area contributed by atoms with Crippen molar-refractivity contribution in [2.45, 2.75) is 55.9 Å². The summed E-state index contributed by atoms with van der Waals surface area (Å²) >= 11 is 0. The van der Waals surface area contributed by atoms with E-state index in [9.17, 15) is 4.39 Å². The van der Waals surface area contributed by atoms with E-state index < -0.39 is 5.67 Å². The first-order valence-electron chi connectivity index (χ1n) is 6.94. The van der Waals surface area contributed by atoms with Crippen LogP contribution in [0.5, 0.6) is 0 Å². The SMILES string of the molecule is NC1CCC(N[C@@H]2C[C@@]2(F)c2ccccc2)CC1. The quantitative estimate of drug-likeness (QED) is 0.862. The highest BCUT2D eigenvalue weighted by molar-refractivity contribution is 5.32. The zero-order valence-electron chi connectivity index (χ0n) is 10.6. The number of nitrogens with one attached hydrogen (secondary N) is 1. The van der Waals surface area contributed by atoms with Crippen LogP contribution in [0.2, 0.25) is 0 Å². The van der Waals surface area contributed by atoms with Crippen LogP contribution in [-0.2, 0) is 5.67 Å². The Morgan fingerprint density at radius 2 is 1.78 bits per heavy atom. The maximum absolute atomic E-state index is 14.6. The van der Waals surface area contributed by atoms with Crippen molar-refractivity contribution in [3.8, 4) is 0 Å². The molecule has 2 aliphatic rings. The fourth-order valence-corrected chi connectivity index (χ4v) is 3.03. The summed E-state index contributed by atoms with van der Waals surface area (Å²) in [6.45, 7) is 0. The summed E-state index contributed by atoms with van der Waals surface area (Å²) < 4.78 is 14.6. The minimum Gasteiger partial charge on any atom is -0.328 e. The lowest BCUT2D eigenvalue weighted by molar-refractivity contribution is 0.267. The molecule has 0 aromatic heterocycles. The Morgan fingerprint density at radius 3 is 2.44 bits per heavy atom. The van der Waals surface area contributed by atoms with Crippen molar-refractivity contribution in [2.75, 3.05) is 0 Å². The first-order valence-corrected chi connectivity index (χ1v) is 6.94. The molecule has 2 saturated carbocycles. The fourth-order valence-electron chi connectivity index (χ4n) is 3.03. The van der Waals surface area contributed by atoms with Gasteiger partial charge in [0, 0.05) is 24.5 Å². The number of alkyl halides is 1. The molecule has 0 unspecified atom stereocenters. The number of benzene rings is 1. The Hall–Kier alpha value is -0.930. The van der Waals surface area contributed by atoms with Gasteiger partial charge in [-0.2, -0.15) is 0 Å². The minimum absolute atomic E-state index is 0.000718. The number of halogens is 1. The van der Waals surface area contributed by atoms with E-state index in [1.54, 1.807) is 0 Å². The molecule has 0 heterocycles. The van der Waals surface area contributed by atoms with Gasteiger partial charge in [-0.15, -0.1) is 0 Å². The first-order chi connectivity index (χ1) is 8.68. The smallest absolute Gasteiger partial charge is 0.152 e. The largest absolute Gasteiger partial charge is 0.328 e. The number of nitrogens with two attached hydrogens (primary N) is 1. The van der Waals surface area contributed by atoms with Gasteiger partial charge in [-0.25, -0.2) is 4.39 Å². The molecule has 0 amide bonds. The molecule has 98 valence electrons. The van der Waals surface area contributed by atoms with E-state index >= 15 is 0 Å². The summed E-state index contributed by atoms with van der Waals surface area (Å²) in [4.78, 5) is 0. The second-order valence-corrected chi connectivity index (χ2v) is 5.76. The third-order valence-corrected chi connectivity index (χ3v) is 4.36. The number of hydrogen-bond donors (Lipinski definition) is 2. The van der Waals surface area contributed by atoms with Gasteiger partial charge in [-0.1, -0.05) is 30.3 Å².